The number of rotatable bonds is 5. The number of carbonyl (C=O) groups excluding carboxylic acids is 1. The second-order valence-corrected chi connectivity index (χ2v) is 7.24. The fourth-order valence-corrected chi connectivity index (χ4v) is 3.48. The van der Waals surface area contributed by atoms with Gasteiger partial charge in [-0.05, 0) is 52.3 Å². The third-order valence-electron chi connectivity index (χ3n) is 3.23. The summed E-state index contributed by atoms with van der Waals surface area (Å²) < 4.78 is 37.3. The second kappa shape index (κ2) is 7.55. The van der Waals surface area contributed by atoms with Crippen LogP contribution in [0.3, 0.4) is 0 Å². The SMILES string of the molecule is COc1cc(C(=O)NS(=O)(=O)c2ccc(C#N)cc2)cc(OC)c1Br. The summed E-state index contributed by atoms with van der Waals surface area (Å²) in [5.41, 5.74) is 0.363. The highest BCUT2D eigenvalue weighted by Crippen LogP contribution is 2.35. The molecule has 130 valence electrons. The molecule has 9 heteroatoms. The molecule has 2 aromatic rings. The van der Waals surface area contributed by atoms with Crippen LogP contribution >= 0.6 is 15.9 Å². The minimum absolute atomic E-state index is 0.0501. The molecule has 0 bridgehead atoms. The molecule has 2 aromatic carbocycles. The van der Waals surface area contributed by atoms with Gasteiger partial charge in [0.05, 0.1) is 30.7 Å². The quantitative estimate of drug-likeness (QED) is 0.789. The molecule has 0 radical (unpaired) electrons. The Hall–Kier alpha value is -2.57. The van der Waals surface area contributed by atoms with E-state index in [0.717, 1.165) is 0 Å². The first-order valence-corrected chi connectivity index (χ1v) is 9.09. The van der Waals surface area contributed by atoms with Crippen molar-refractivity contribution in [1.82, 2.24) is 4.72 Å². The van der Waals surface area contributed by atoms with E-state index in [1.165, 1.54) is 50.6 Å². The highest BCUT2D eigenvalue weighted by molar-refractivity contribution is 9.10. The maximum atomic E-state index is 12.3. The van der Waals surface area contributed by atoms with E-state index in [4.69, 9.17) is 14.7 Å². The van der Waals surface area contributed by atoms with E-state index in [2.05, 4.69) is 15.9 Å². The Balaban J connectivity index is 2.33. The number of methoxy groups -OCH3 is 2. The first kappa shape index (κ1) is 18.8. The fraction of sp³-hybridized carbons (Fsp3) is 0.125. The number of hydrogen-bond acceptors (Lipinski definition) is 6. The van der Waals surface area contributed by atoms with Crippen molar-refractivity contribution in [2.45, 2.75) is 4.90 Å². The molecule has 0 aromatic heterocycles. The molecule has 1 amide bonds. The van der Waals surface area contributed by atoms with Gasteiger partial charge < -0.3 is 9.47 Å². The first-order chi connectivity index (χ1) is 11.8. The molecule has 0 aliphatic carbocycles. The minimum atomic E-state index is -4.08. The summed E-state index contributed by atoms with van der Waals surface area (Å²) in [6.07, 6.45) is 0. The standard InChI is InChI=1S/C16H13BrN2O5S/c1-23-13-7-11(8-14(24-2)15(13)17)16(20)19-25(21,22)12-5-3-10(9-18)4-6-12/h3-8H,1-2H3,(H,19,20). The summed E-state index contributed by atoms with van der Waals surface area (Å²) in [6, 6.07) is 9.86. The van der Waals surface area contributed by atoms with Gasteiger partial charge in [0, 0.05) is 5.56 Å². The Bertz CT molecular complexity index is 924. The summed E-state index contributed by atoms with van der Waals surface area (Å²) in [7, 11) is -1.26. The van der Waals surface area contributed by atoms with Gasteiger partial charge in [0.15, 0.2) is 0 Å². The normalized spacial score (nSPS) is 10.6. The lowest BCUT2D eigenvalue weighted by Gasteiger charge is -2.12. The van der Waals surface area contributed by atoms with Crippen LogP contribution in [0.5, 0.6) is 11.5 Å². The van der Waals surface area contributed by atoms with Crippen LogP contribution in [-0.2, 0) is 10.0 Å². The number of nitriles is 1. The molecular formula is C16H13BrN2O5S. The lowest BCUT2D eigenvalue weighted by molar-refractivity contribution is 0.0980. The molecule has 2 rings (SSSR count). The molecule has 25 heavy (non-hydrogen) atoms. The van der Waals surface area contributed by atoms with Gasteiger partial charge in [-0.2, -0.15) is 5.26 Å². The van der Waals surface area contributed by atoms with Gasteiger partial charge in [0.25, 0.3) is 15.9 Å². The maximum Gasteiger partial charge on any atom is 0.265 e. The Kier molecular flexibility index (Phi) is 5.66. The number of carbonyl (C=O) groups is 1. The van der Waals surface area contributed by atoms with Crippen molar-refractivity contribution in [3.63, 3.8) is 0 Å². The topological polar surface area (TPSA) is 105 Å². The molecule has 0 atom stereocenters. The van der Waals surface area contributed by atoms with E-state index >= 15 is 0 Å². The predicted octanol–water partition coefficient (Wildman–Crippen LogP) is 2.46. The van der Waals surface area contributed by atoms with E-state index < -0.39 is 15.9 Å². The van der Waals surface area contributed by atoms with Crippen LogP contribution in [0.4, 0.5) is 0 Å². The molecule has 0 aliphatic heterocycles. The largest absolute Gasteiger partial charge is 0.495 e. The molecule has 0 heterocycles. The molecule has 7 nitrogen and oxygen atoms in total. The summed E-state index contributed by atoms with van der Waals surface area (Å²) in [6.45, 7) is 0. The summed E-state index contributed by atoms with van der Waals surface area (Å²) in [5, 5.41) is 8.75. The van der Waals surface area contributed by atoms with Crippen molar-refractivity contribution < 1.29 is 22.7 Å². The lowest BCUT2D eigenvalue weighted by atomic mass is 10.2. The Morgan fingerprint density at radius 1 is 1.12 bits per heavy atom. The number of ether oxygens (including phenoxy) is 2. The van der Waals surface area contributed by atoms with Crippen molar-refractivity contribution in [1.29, 1.82) is 5.26 Å². The zero-order chi connectivity index (χ0) is 18.6. The van der Waals surface area contributed by atoms with Crippen LogP contribution in [0.1, 0.15) is 15.9 Å². The number of halogens is 1. The molecule has 0 aliphatic rings. The molecule has 1 N–H and O–H groups in total. The number of hydrogen-bond donors (Lipinski definition) is 1. The Morgan fingerprint density at radius 2 is 1.64 bits per heavy atom. The van der Waals surface area contributed by atoms with Crippen LogP contribution in [0.15, 0.2) is 45.8 Å². The van der Waals surface area contributed by atoms with E-state index in [0.29, 0.717) is 21.5 Å². The molecule has 0 spiro atoms. The van der Waals surface area contributed by atoms with Crippen molar-refractivity contribution in [2.24, 2.45) is 0 Å². The summed E-state index contributed by atoms with van der Waals surface area (Å²) in [4.78, 5) is 12.2. The number of amides is 1. The number of sulfonamides is 1. The van der Waals surface area contributed by atoms with Gasteiger partial charge in [-0.15, -0.1) is 0 Å². The molecule has 0 saturated heterocycles. The van der Waals surface area contributed by atoms with E-state index in [1.54, 1.807) is 0 Å². The van der Waals surface area contributed by atoms with Gasteiger partial charge in [0.1, 0.15) is 16.0 Å². The van der Waals surface area contributed by atoms with Gasteiger partial charge in [-0.1, -0.05) is 0 Å². The van der Waals surface area contributed by atoms with Crippen LogP contribution in [-0.4, -0.2) is 28.5 Å². The van der Waals surface area contributed by atoms with E-state index in [-0.39, 0.29) is 10.5 Å². The van der Waals surface area contributed by atoms with Crippen LogP contribution in [0.2, 0.25) is 0 Å². The smallest absolute Gasteiger partial charge is 0.265 e. The molecule has 0 fully saturated rings. The Morgan fingerprint density at radius 3 is 2.08 bits per heavy atom. The molecular weight excluding hydrogens is 412 g/mol. The average Bonchev–Trinajstić information content (AvgIpc) is 2.61. The van der Waals surface area contributed by atoms with Crippen molar-refractivity contribution in [3.05, 3.63) is 52.0 Å². The summed E-state index contributed by atoms with van der Waals surface area (Å²) >= 11 is 3.27. The molecule has 0 saturated carbocycles. The second-order valence-electron chi connectivity index (χ2n) is 4.77. The number of benzene rings is 2. The lowest BCUT2D eigenvalue weighted by Crippen LogP contribution is -2.30. The monoisotopic (exact) mass is 424 g/mol. The summed E-state index contributed by atoms with van der Waals surface area (Å²) in [5.74, 6) is -0.200. The fourth-order valence-electron chi connectivity index (χ4n) is 1.95. The average molecular weight is 425 g/mol. The first-order valence-electron chi connectivity index (χ1n) is 6.81. The predicted molar refractivity (Wildman–Crippen MR) is 93.1 cm³/mol. The van der Waals surface area contributed by atoms with E-state index in [9.17, 15) is 13.2 Å². The highest BCUT2D eigenvalue weighted by Gasteiger charge is 2.21. The molecule has 0 unspecified atom stereocenters. The zero-order valence-corrected chi connectivity index (χ0v) is 15.6. The van der Waals surface area contributed by atoms with Gasteiger partial charge in [-0.3, -0.25) is 4.79 Å². The van der Waals surface area contributed by atoms with Gasteiger partial charge in [-0.25, -0.2) is 13.1 Å². The van der Waals surface area contributed by atoms with Crippen LogP contribution in [0, 0.1) is 11.3 Å². The third kappa shape index (κ3) is 4.10. The van der Waals surface area contributed by atoms with E-state index in [1.807, 2.05) is 10.8 Å². The van der Waals surface area contributed by atoms with Crippen molar-refractivity contribution in [3.8, 4) is 17.6 Å². The number of nitrogens with zero attached hydrogens (tertiary/aromatic N) is 1. The number of nitrogens with one attached hydrogen (secondary N) is 1. The highest BCUT2D eigenvalue weighted by atomic mass is 79.9. The van der Waals surface area contributed by atoms with Gasteiger partial charge in [0.2, 0.25) is 0 Å². The zero-order valence-electron chi connectivity index (χ0n) is 13.2. The van der Waals surface area contributed by atoms with Crippen molar-refractivity contribution in [2.75, 3.05) is 14.2 Å². The Labute approximate surface area is 153 Å². The maximum absolute atomic E-state index is 12.3. The van der Waals surface area contributed by atoms with Crippen molar-refractivity contribution >= 4 is 31.9 Å². The third-order valence-corrected chi connectivity index (χ3v) is 5.36. The van der Waals surface area contributed by atoms with Crippen LogP contribution < -0.4 is 14.2 Å². The van der Waals surface area contributed by atoms with Crippen LogP contribution in [0.25, 0.3) is 0 Å². The van der Waals surface area contributed by atoms with Gasteiger partial charge >= 0.3 is 0 Å². The minimum Gasteiger partial charge on any atom is -0.495 e.